The summed E-state index contributed by atoms with van der Waals surface area (Å²) in [6, 6.07) is 2.94. The van der Waals surface area contributed by atoms with Gasteiger partial charge in [-0.1, -0.05) is 0 Å². The van der Waals surface area contributed by atoms with Crippen molar-refractivity contribution in [1.29, 1.82) is 0 Å². The highest BCUT2D eigenvalue weighted by molar-refractivity contribution is 7.09. The smallest absolute Gasteiger partial charge is 0.255 e. The van der Waals surface area contributed by atoms with Crippen molar-refractivity contribution in [3.8, 4) is 0 Å². The monoisotopic (exact) mass is 265 g/mol. The van der Waals surface area contributed by atoms with Crippen molar-refractivity contribution in [3.05, 3.63) is 45.9 Å². The summed E-state index contributed by atoms with van der Waals surface area (Å²) in [5.41, 5.74) is 0.937. The van der Waals surface area contributed by atoms with E-state index in [4.69, 9.17) is 0 Å². The highest BCUT2D eigenvalue weighted by Crippen LogP contribution is 2.09. The number of nitrogens with zero attached hydrogens (tertiary/aromatic N) is 2. The van der Waals surface area contributed by atoms with Crippen LogP contribution in [0, 0.1) is 12.9 Å². The third-order valence-electron chi connectivity index (χ3n) is 2.29. The maximum atomic E-state index is 13.2. The van der Waals surface area contributed by atoms with E-state index in [0.717, 1.165) is 10.7 Å². The number of carbonyl (C=O) groups excluding carboxylic acids is 1. The molecule has 0 fully saturated rings. The summed E-state index contributed by atoms with van der Waals surface area (Å²) in [5, 5.41) is 5.56. The number of aryl methyl sites for hydroxylation is 1. The second kappa shape index (κ2) is 5.68. The van der Waals surface area contributed by atoms with Crippen LogP contribution in [0.3, 0.4) is 0 Å². The molecule has 0 saturated heterocycles. The normalized spacial score (nSPS) is 10.3. The van der Waals surface area contributed by atoms with E-state index in [1.54, 1.807) is 11.3 Å². The van der Waals surface area contributed by atoms with Crippen LogP contribution >= 0.6 is 11.3 Å². The minimum absolute atomic E-state index is 0.0344. The van der Waals surface area contributed by atoms with E-state index in [1.807, 2.05) is 12.3 Å². The van der Waals surface area contributed by atoms with Crippen molar-refractivity contribution in [2.24, 2.45) is 0 Å². The number of aromatic nitrogens is 2. The van der Waals surface area contributed by atoms with Gasteiger partial charge in [-0.15, -0.1) is 11.3 Å². The van der Waals surface area contributed by atoms with Gasteiger partial charge in [0.25, 0.3) is 5.91 Å². The SMILES string of the molecule is Cc1csc(CCNC(=O)c2cccnc2F)n1. The lowest BCUT2D eigenvalue weighted by atomic mass is 10.2. The lowest BCUT2D eigenvalue weighted by molar-refractivity contribution is 0.0949. The first-order chi connectivity index (χ1) is 8.66. The molecule has 0 aliphatic heterocycles. The Balaban J connectivity index is 1.87. The Labute approximate surface area is 108 Å². The molecule has 0 radical (unpaired) electrons. The van der Waals surface area contributed by atoms with E-state index < -0.39 is 11.9 Å². The van der Waals surface area contributed by atoms with Crippen molar-refractivity contribution < 1.29 is 9.18 Å². The Kier molecular flexibility index (Phi) is 3.99. The highest BCUT2D eigenvalue weighted by Gasteiger charge is 2.11. The van der Waals surface area contributed by atoms with Gasteiger partial charge in [0, 0.05) is 30.2 Å². The molecule has 0 unspecified atom stereocenters. The summed E-state index contributed by atoms with van der Waals surface area (Å²) < 4.78 is 13.2. The van der Waals surface area contributed by atoms with Gasteiger partial charge in [0.2, 0.25) is 5.95 Å². The van der Waals surface area contributed by atoms with Gasteiger partial charge in [0.05, 0.1) is 10.6 Å². The van der Waals surface area contributed by atoms with Crippen LogP contribution in [0.2, 0.25) is 0 Å². The van der Waals surface area contributed by atoms with Crippen molar-refractivity contribution >= 4 is 17.2 Å². The maximum Gasteiger partial charge on any atom is 0.255 e. The van der Waals surface area contributed by atoms with Gasteiger partial charge in [-0.05, 0) is 19.1 Å². The average molecular weight is 265 g/mol. The summed E-state index contributed by atoms with van der Waals surface area (Å²) in [6.45, 7) is 2.35. The Morgan fingerprint density at radius 1 is 1.56 bits per heavy atom. The van der Waals surface area contributed by atoms with Gasteiger partial charge in [0.1, 0.15) is 0 Å². The van der Waals surface area contributed by atoms with Crippen LogP contribution < -0.4 is 5.32 Å². The van der Waals surface area contributed by atoms with Gasteiger partial charge in [0.15, 0.2) is 0 Å². The molecule has 6 heteroatoms. The number of amides is 1. The van der Waals surface area contributed by atoms with Crippen LogP contribution in [-0.4, -0.2) is 22.4 Å². The number of rotatable bonds is 4. The fraction of sp³-hybridized carbons (Fsp3) is 0.250. The number of hydrogen-bond donors (Lipinski definition) is 1. The second-order valence-electron chi connectivity index (χ2n) is 3.73. The average Bonchev–Trinajstić information content (AvgIpc) is 2.75. The minimum Gasteiger partial charge on any atom is -0.351 e. The molecular weight excluding hydrogens is 253 g/mol. The van der Waals surface area contributed by atoms with E-state index in [1.165, 1.54) is 18.3 Å². The maximum absolute atomic E-state index is 13.2. The van der Waals surface area contributed by atoms with E-state index in [0.29, 0.717) is 13.0 Å². The Morgan fingerprint density at radius 2 is 2.39 bits per heavy atom. The van der Waals surface area contributed by atoms with Crippen LogP contribution in [-0.2, 0) is 6.42 Å². The number of thiazole rings is 1. The first-order valence-electron chi connectivity index (χ1n) is 5.46. The van der Waals surface area contributed by atoms with Crippen molar-refractivity contribution in [2.75, 3.05) is 6.54 Å². The Morgan fingerprint density at radius 3 is 3.06 bits per heavy atom. The molecular formula is C12H12FN3OS. The van der Waals surface area contributed by atoms with Crippen molar-refractivity contribution in [3.63, 3.8) is 0 Å². The number of hydrogen-bond acceptors (Lipinski definition) is 4. The van der Waals surface area contributed by atoms with E-state index >= 15 is 0 Å². The third kappa shape index (κ3) is 3.10. The van der Waals surface area contributed by atoms with E-state index in [-0.39, 0.29) is 5.56 Å². The fourth-order valence-electron chi connectivity index (χ4n) is 1.45. The quantitative estimate of drug-likeness (QED) is 0.860. The summed E-state index contributed by atoms with van der Waals surface area (Å²) >= 11 is 1.55. The van der Waals surface area contributed by atoms with Crippen molar-refractivity contribution in [2.45, 2.75) is 13.3 Å². The Hall–Kier alpha value is -1.82. The fourth-order valence-corrected chi connectivity index (χ4v) is 2.23. The summed E-state index contributed by atoms with van der Waals surface area (Å²) in [6.07, 6.45) is 1.95. The van der Waals surface area contributed by atoms with E-state index in [2.05, 4.69) is 15.3 Å². The lowest BCUT2D eigenvalue weighted by Gasteiger charge is -2.04. The lowest BCUT2D eigenvalue weighted by Crippen LogP contribution is -2.26. The topological polar surface area (TPSA) is 54.9 Å². The summed E-state index contributed by atoms with van der Waals surface area (Å²) in [5.74, 6) is -1.20. The molecule has 0 aromatic carbocycles. The molecule has 0 aliphatic carbocycles. The molecule has 2 rings (SSSR count). The number of nitrogens with one attached hydrogen (secondary N) is 1. The van der Waals surface area contributed by atoms with Gasteiger partial charge >= 0.3 is 0 Å². The first-order valence-corrected chi connectivity index (χ1v) is 6.34. The molecule has 0 saturated carbocycles. The van der Waals surface area contributed by atoms with Crippen LogP contribution in [0.5, 0.6) is 0 Å². The standard InChI is InChI=1S/C12H12FN3OS/c1-8-7-18-10(16-8)4-6-15-12(17)9-3-2-5-14-11(9)13/h2-3,5,7H,4,6H2,1H3,(H,15,17). The van der Waals surface area contributed by atoms with E-state index in [9.17, 15) is 9.18 Å². The zero-order valence-electron chi connectivity index (χ0n) is 9.81. The largest absolute Gasteiger partial charge is 0.351 e. The molecule has 0 aliphatic rings. The number of pyridine rings is 1. The summed E-state index contributed by atoms with van der Waals surface area (Å²) in [4.78, 5) is 19.4. The van der Waals surface area contributed by atoms with Gasteiger partial charge in [-0.3, -0.25) is 4.79 Å². The molecule has 2 aromatic rings. The van der Waals surface area contributed by atoms with Gasteiger partial charge < -0.3 is 5.32 Å². The number of halogens is 1. The molecule has 4 nitrogen and oxygen atoms in total. The second-order valence-corrected chi connectivity index (χ2v) is 4.67. The van der Waals surface area contributed by atoms with Gasteiger partial charge in [-0.25, -0.2) is 9.97 Å². The van der Waals surface area contributed by atoms with Crippen LogP contribution in [0.25, 0.3) is 0 Å². The molecule has 2 aromatic heterocycles. The molecule has 0 spiro atoms. The van der Waals surface area contributed by atoms with Crippen molar-refractivity contribution in [1.82, 2.24) is 15.3 Å². The molecule has 0 bridgehead atoms. The molecule has 1 N–H and O–H groups in total. The molecule has 0 atom stereocenters. The molecule has 2 heterocycles. The minimum atomic E-state index is -0.750. The zero-order chi connectivity index (χ0) is 13.0. The molecule has 18 heavy (non-hydrogen) atoms. The first kappa shape index (κ1) is 12.6. The predicted octanol–water partition coefficient (Wildman–Crippen LogP) is 1.96. The molecule has 1 amide bonds. The zero-order valence-corrected chi connectivity index (χ0v) is 10.6. The highest BCUT2D eigenvalue weighted by atomic mass is 32.1. The van der Waals surface area contributed by atoms with Crippen LogP contribution in [0.4, 0.5) is 4.39 Å². The van der Waals surface area contributed by atoms with Crippen LogP contribution in [0.1, 0.15) is 21.1 Å². The summed E-state index contributed by atoms with van der Waals surface area (Å²) in [7, 11) is 0. The predicted molar refractivity (Wildman–Crippen MR) is 67.1 cm³/mol. The Bertz CT molecular complexity index is 556. The molecule has 94 valence electrons. The van der Waals surface area contributed by atoms with Crippen LogP contribution in [0.15, 0.2) is 23.7 Å². The van der Waals surface area contributed by atoms with Gasteiger partial charge in [-0.2, -0.15) is 4.39 Å². The third-order valence-corrected chi connectivity index (χ3v) is 3.32. The number of carbonyl (C=O) groups is 1.